The van der Waals surface area contributed by atoms with Crippen LogP contribution < -0.4 is 5.32 Å². The molecule has 0 radical (unpaired) electrons. The van der Waals surface area contributed by atoms with E-state index in [0.29, 0.717) is 5.56 Å². The van der Waals surface area contributed by atoms with E-state index < -0.39 is 0 Å². The van der Waals surface area contributed by atoms with Crippen LogP contribution in [0.4, 0.5) is 10.2 Å². The van der Waals surface area contributed by atoms with Crippen LogP contribution in [0.15, 0.2) is 48.9 Å². The number of fused-ring (bicyclic) bond motifs is 4. The van der Waals surface area contributed by atoms with Crippen LogP contribution in [0.1, 0.15) is 28.8 Å². The number of halogens is 1. The van der Waals surface area contributed by atoms with E-state index >= 15 is 0 Å². The van der Waals surface area contributed by atoms with Crippen LogP contribution in [0.5, 0.6) is 0 Å². The van der Waals surface area contributed by atoms with Crippen LogP contribution in [-0.4, -0.2) is 30.6 Å². The zero-order valence-electron chi connectivity index (χ0n) is 18.0. The molecule has 0 aliphatic heterocycles. The predicted molar refractivity (Wildman–Crippen MR) is 123 cm³/mol. The van der Waals surface area contributed by atoms with Crippen LogP contribution in [0.25, 0.3) is 27.8 Å². The fraction of sp³-hybridized carbons (Fsp3) is 0.240. The van der Waals surface area contributed by atoms with Crippen molar-refractivity contribution in [2.75, 3.05) is 5.32 Å². The van der Waals surface area contributed by atoms with Crippen molar-refractivity contribution in [2.45, 2.75) is 39.2 Å². The summed E-state index contributed by atoms with van der Waals surface area (Å²) in [6.07, 6.45) is 7.62. The highest BCUT2D eigenvalue weighted by Gasteiger charge is 2.25. The number of rotatable bonds is 3. The van der Waals surface area contributed by atoms with Crippen molar-refractivity contribution in [3.63, 3.8) is 0 Å². The van der Waals surface area contributed by atoms with Crippen molar-refractivity contribution in [2.24, 2.45) is 0 Å². The number of aryl methyl sites for hydroxylation is 2. The Bertz CT molecular complexity index is 1480. The molecule has 0 unspecified atom stereocenters. The predicted octanol–water partition coefficient (Wildman–Crippen LogP) is 5.00. The van der Waals surface area contributed by atoms with E-state index in [9.17, 15) is 4.39 Å². The summed E-state index contributed by atoms with van der Waals surface area (Å²) in [5, 5.41) is 9.63. The van der Waals surface area contributed by atoms with E-state index in [1.807, 2.05) is 24.6 Å². The fourth-order valence-corrected chi connectivity index (χ4v) is 4.86. The first-order valence-corrected chi connectivity index (χ1v) is 10.9. The number of para-hydroxylation sites is 1. The zero-order chi connectivity index (χ0) is 21.8. The monoisotopic (exact) mass is 426 g/mol. The smallest absolute Gasteiger partial charge is 0.160 e. The van der Waals surface area contributed by atoms with Crippen molar-refractivity contribution >= 4 is 22.4 Å². The molecule has 1 atom stereocenters. The molecule has 0 amide bonds. The Morgan fingerprint density at radius 2 is 2.03 bits per heavy atom. The first-order valence-electron chi connectivity index (χ1n) is 10.9. The molecular weight excluding hydrogens is 403 g/mol. The molecule has 1 aromatic carbocycles. The normalized spacial score (nSPS) is 15.9. The summed E-state index contributed by atoms with van der Waals surface area (Å²) in [5.41, 5.74) is 7.97. The van der Waals surface area contributed by atoms with Gasteiger partial charge < -0.3 is 10.3 Å². The van der Waals surface area contributed by atoms with Crippen LogP contribution >= 0.6 is 0 Å². The standard InChI is InChI=1S/C25H23FN6/c1-14-11-28-32-24(14)31-23(16-9-17(26)13-27-12-16)15(2)25(32)29-18-7-8-22-20(10-18)19-5-3-4-6-21(19)30-22/h3-6,9,11-13,18,29-30H,7-8,10H2,1-2H3/t18-/m1/s1. The van der Waals surface area contributed by atoms with Gasteiger partial charge in [-0.1, -0.05) is 18.2 Å². The van der Waals surface area contributed by atoms with Crippen molar-refractivity contribution in [1.82, 2.24) is 24.6 Å². The second-order valence-corrected chi connectivity index (χ2v) is 8.60. The van der Waals surface area contributed by atoms with Crippen molar-refractivity contribution in [3.8, 4) is 11.3 Å². The number of aromatic nitrogens is 5. The van der Waals surface area contributed by atoms with Gasteiger partial charge in [0.15, 0.2) is 5.65 Å². The fourth-order valence-electron chi connectivity index (χ4n) is 4.86. The minimum Gasteiger partial charge on any atom is -0.367 e. The summed E-state index contributed by atoms with van der Waals surface area (Å²) in [6.45, 7) is 3.99. The summed E-state index contributed by atoms with van der Waals surface area (Å²) in [6, 6.07) is 10.2. The Morgan fingerprint density at radius 3 is 2.91 bits per heavy atom. The molecule has 6 rings (SSSR count). The molecule has 7 heteroatoms. The van der Waals surface area contributed by atoms with E-state index in [2.05, 4.69) is 44.6 Å². The topological polar surface area (TPSA) is 70.9 Å². The van der Waals surface area contributed by atoms with Crippen molar-refractivity contribution in [1.29, 1.82) is 0 Å². The van der Waals surface area contributed by atoms with Crippen molar-refractivity contribution < 1.29 is 4.39 Å². The van der Waals surface area contributed by atoms with Gasteiger partial charge in [0.2, 0.25) is 0 Å². The first-order chi connectivity index (χ1) is 15.6. The lowest BCUT2D eigenvalue weighted by atomic mass is 9.91. The van der Waals surface area contributed by atoms with Gasteiger partial charge in [-0.2, -0.15) is 9.61 Å². The van der Waals surface area contributed by atoms with Crippen LogP contribution in [-0.2, 0) is 12.8 Å². The molecule has 2 N–H and O–H groups in total. The molecule has 1 aliphatic rings. The van der Waals surface area contributed by atoms with Gasteiger partial charge in [0.25, 0.3) is 0 Å². The minimum atomic E-state index is -0.373. The first kappa shape index (κ1) is 19.0. The summed E-state index contributed by atoms with van der Waals surface area (Å²) < 4.78 is 15.8. The molecule has 4 heterocycles. The Balaban J connectivity index is 1.43. The van der Waals surface area contributed by atoms with Gasteiger partial charge in [0.05, 0.1) is 18.1 Å². The minimum absolute atomic E-state index is 0.258. The van der Waals surface area contributed by atoms with E-state index in [1.165, 1.54) is 34.4 Å². The molecule has 0 spiro atoms. The quantitative estimate of drug-likeness (QED) is 0.426. The number of aromatic amines is 1. The molecule has 0 fully saturated rings. The number of nitrogens with one attached hydrogen (secondary N) is 2. The third-order valence-corrected chi connectivity index (χ3v) is 6.47. The lowest BCUT2D eigenvalue weighted by Gasteiger charge is -2.26. The number of benzene rings is 1. The van der Waals surface area contributed by atoms with Crippen LogP contribution in [0.2, 0.25) is 0 Å². The highest BCUT2D eigenvalue weighted by Crippen LogP contribution is 2.33. The summed E-state index contributed by atoms with van der Waals surface area (Å²) in [5.74, 6) is 0.526. The zero-order valence-corrected chi connectivity index (χ0v) is 18.0. The number of H-pyrrole nitrogens is 1. The maximum Gasteiger partial charge on any atom is 0.160 e. The molecule has 0 saturated carbocycles. The van der Waals surface area contributed by atoms with E-state index in [1.54, 1.807) is 6.20 Å². The van der Waals surface area contributed by atoms with Gasteiger partial charge in [-0.3, -0.25) is 4.98 Å². The van der Waals surface area contributed by atoms with Crippen LogP contribution in [0.3, 0.4) is 0 Å². The molecule has 5 aromatic rings. The van der Waals surface area contributed by atoms with Crippen molar-refractivity contribution in [3.05, 3.63) is 77.1 Å². The van der Waals surface area contributed by atoms with Crippen LogP contribution in [0, 0.1) is 19.7 Å². The number of hydrogen-bond acceptors (Lipinski definition) is 4. The van der Waals surface area contributed by atoms with E-state index in [-0.39, 0.29) is 11.9 Å². The lowest BCUT2D eigenvalue weighted by molar-refractivity contribution is 0.602. The Morgan fingerprint density at radius 1 is 1.16 bits per heavy atom. The summed E-state index contributed by atoms with van der Waals surface area (Å²) in [7, 11) is 0. The number of pyridine rings is 1. The highest BCUT2D eigenvalue weighted by molar-refractivity contribution is 5.85. The molecule has 0 bridgehead atoms. The molecule has 0 saturated heterocycles. The summed E-state index contributed by atoms with van der Waals surface area (Å²) >= 11 is 0. The highest BCUT2D eigenvalue weighted by atomic mass is 19.1. The molecule has 4 aromatic heterocycles. The summed E-state index contributed by atoms with van der Waals surface area (Å²) in [4.78, 5) is 12.4. The largest absolute Gasteiger partial charge is 0.367 e. The van der Waals surface area contributed by atoms with Gasteiger partial charge in [0, 0.05) is 45.5 Å². The molecule has 160 valence electrons. The number of hydrogen-bond donors (Lipinski definition) is 2. The molecule has 6 nitrogen and oxygen atoms in total. The number of anilines is 1. The number of nitrogens with zero attached hydrogens (tertiary/aromatic N) is 4. The Hall–Kier alpha value is -3.74. The van der Waals surface area contributed by atoms with Gasteiger partial charge in [0.1, 0.15) is 11.6 Å². The van der Waals surface area contributed by atoms with E-state index in [0.717, 1.165) is 47.5 Å². The second kappa shape index (κ2) is 7.15. The van der Waals surface area contributed by atoms with Gasteiger partial charge in [-0.05, 0) is 50.8 Å². The Kier molecular flexibility index (Phi) is 4.24. The maximum atomic E-state index is 13.9. The maximum absolute atomic E-state index is 13.9. The van der Waals surface area contributed by atoms with Gasteiger partial charge in [-0.25, -0.2) is 9.37 Å². The molecular formula is C25H23FN6. The van der Waals surface area contributed by atoms with Gasteiger partial charge >= 0.3 is 0 Å². The van der Waals surface area contributed by atoms with E-state index in [4.69, 9.17) is 4.98 Å². The average molecular weight is 426 g/mol. The third kappa shape index (κ3) is 2.96. The average Bonchev–Trinajstić information content (AvgIpc) is 3.35. The van der Waals surface area contributed by atoms with Gasteiger partial charge in [-0.15, -0.1) is 0 Å². The lowest BCUT2D eigenvalue weighted by Crippen LogP contribution is -2.29. The third-order valence-electron chi connectivity index (χ3n) is 6.47. The second-order valence-electron chi connectivity index (χ2n) is 8.60. The molecule has 32 heavy (non-hydrogen) atoms. The Labute approximate surface area is 184 Å². The molecule has 1 aliphatic carbocycles. The SMILES string of the molecule is Cc1c(-c2cncc(F)c2)nc2c(C)cnn2c1N[C@@H]1CCc2[nH]c3ccccc3c2C1.